The van der Waals surface area contributed by atoms with E-state index in [4.69, 9.17) is 4.74 Å². The molecule has 27 heavy (non-hydrogen) atoms. The second-order valence-corrected chi connectivity index (χ2v) is 5.27. The van der Waals surface area contributed by atoms with Crippen LogP contribution in [-0.2, 0) is 4.74 Å². The normalized spacial score (nSPS) is 17.0. The van der Waals surface area contributed by atoms with Crippen molar-refractivity contribution in [2.45, 2.75) is 79.9 Å². The molecular weight excluding hydrogens is 350 g/mol. The van der Waals surface area contributed by atoms with E-state index in [1.54, 1.807) is 6.26 Å². The Morgan fingerprint density at radius 3 is 1.89 bits per heavy atom. The monoisotopic (exact) mass is 393 g/mol. The van der Waals surface area contributed by atoms with Crippen LogP contribution in [0.15, 0.2) is 36.4 Å². The Morgan fingerprint density at radius 2 is 1.44 bits per heavy atom. The van der Waals surface area contributed by atoms with Gasteiger partial charge in [-0.1, -0.05) is 72.7 Å². The Labute approximate surface area is 174 Å². The summed E-state index contributed by atoms with van der Waals surface area (Å²) in [5.41, 5.74) is 2.50. The number of fused-ring (bicyclic) bond motifs is 1. The van der Waals surface area contributed by atoms with Crippen molar-refractivity contribution < 1.29 is 4.74 Å². The van der Waals surface area contributed by atoms with Gasteiger partial charge in [0, 0.05) is 18.3 Å². The number of ether oxygens (including phenoxy) is 1. The highest BCUT2D eigenvalue weighted by molar-refractivity contribution is 7.79. The minimum Gasteiger partial charge on any atom is -0.388 e. The molecule has 1 N–H and O–H groups in total. The number of anilines is 1. The second-order valence-electron chi connectivity index (χ2n) is 5.27. The van der Waals surface area contributed by atoms with Crippen molar-refractivity contribution in [2.24, 2.45) is 0 Å². The Hall–Kier alpha value is -1.19. The Bertz CT molecular complexity index is 586. The van der Waals surface area contributed by atoms with E-state index in [1.165, 1.54) is 28.4 Å². The predicted octanol–water partition coefficient (Wildman–Crippen LogP) is 8.14. The second kappa shape index (κ2) is 18.2. The lowest BCUT2D eigenvalue weighted by atomic mass is 9.99. The first-order chi connectivity index (χ1) is 13.3. The van der Waals surface area contributed by atoms with Gasteiger partial charge < -0.3 is 10.1 Å². The topological polar surface area (TPSA) is 21.3 Å². The largest absolute Gasteiger partial charge is 0.388 e. The van der Waals surface area contributed by atoms with Crippen LogP contribution < -0.4 is 5.32 Å². The van der Waals surface area contributed by atoms with Gasteiger partial charge in [0.25, 0.3) is 0 Å². The highest BCUT2D eigenvalue weighted by atomic mass is 32.1. The average molecular weight is 394 g/mol. The van der Waals surface area contributed by atoms with Crippen LogP contribution in [0, 0.1) is 0 Å². The van der Waals surface area contributed by atoms with Crippen LogP contribution in [0.5, 0.6) is 0 Å². The zero-order valence-corrected chi connectivity index (χ0v) is 20.0. The van der Waals surface area contributed by atoms with E-state index in [2.05, 4.69) is 61.3 Å². The molecule has 0 spiro atoms. The minimum atomic E-state index is 0.247. The molecule has 0 saturated carbocycles. The van der Waals surface area contributed by atoms with Gasteiger partial charge in [0.2, 0.25) is 0 Å². The van der Waals surface area contributed by atoms with Crippen molar-refractivity contribution in [3.63, 3.8) is 0 Å². The summed E-state index contributed by atoms with van der Waals surface area (Å²) in [6, 6.07) is 13.0. The summed E-state index contributed by atoms with van der Waals surface area (Å²) in [4.78, 5) is 0. The third-order valence-corrected chi connectivity index (χ3v) is 4.10. The van der Waals surface area contributed by atoms with E-state index in [9.17, 15) is 0 Å². The lowest BCUT2D eigenvalue weighted by molar-refractivity contribution is 0.0432. The molecule has 0 bridgehead atoms. The van der Waals surface area contributed by atoms with Crippen LogP contribution in [0.1, 0.15) is 79.4 Å². The SMILES string of the molecule is CC.CC.CC.CC[C@@H]1CC[C@H](c2cc3ccccc3cc2NC)O1.CS. The zero-order valence-electron chi connectivity index (χ0n) is 19.1. The molecule has 3 rings (SSSR count). The quantitative estimate of drug-likeness (QED) is 0.513. The highest BCUT2D eigenvalue weighted by Gasteiger charge is 2.27. The van der Waals surface area contributed by atoms with E-state index in [0.29, 0.717) is 6.10 Å². The van der Waals surface area contributed by atoms with Gasteiger partial charge >= 0.3 is 0 Å². The first-order valence-corrected chi connectivity index (χ1v) is 11.5. The number of hydrogen-bond acceptors (Lipinski definition) is 3. The molecule has 2 aromatic carbocycles. The third-order valence-electron chi connectivity index (χ3n) is 4.10. The number of rotatable bonds is 3. The lowest BCUT2D eigenvalue weighted by Gasteiger charge is -2.18. The molecule has 2 aromatic rings. The summed E-state index contributed by atoms with van der Waals surface area (Å²) in [6.45, 7) is 14.2. The Morgan fingerprint density at radius 1 is 0.926 bits per heavy atom. The van der Waals surface area contributed by atoms with Crippen molar-refractivity contribution in [2.75, 3.05) is 18.6 Å². The smallest absolute Gasteiger partial charge is 0.0849 e. The van der Waals surface area contributed by atoms with Gasteiger partial charge in [0.1, 0.15) is 0 Å². The zero-order chi connectivity index (χ0) is 21.2. The fourth-order valence-corrected chi connectivity index (χ4v) is 2.98. The molecule has 0 aliphatic carbocycles. The van der Waals surface area contributed by atoms with Crippen LogP contribution in [-0.4, -0.2) is 19.4 Å². The number of benzene rings is 2. The van der Waals surface area contributed by atoms with Gasteiger partial charge in [-0.3, -0.25) is 0 Å². The maximum Gasteiger partial charge on any atom is 0.0849 e. The molecule has 2 atom stereocenters. The summed E-state index contributed by atoms with van der Waals surface area (Å²) < 4.78 is 6.15. The maximum atomic E-state index is 6.15. The fourth-order valence-electron chi connectivity index (χ4n) is 2.98. The van der Waals surface area contributed by atoms with E-state index >= 15 is 0 Å². The molecule has 2 nitrogen and oxygen atoms in total. The first kappa shape index (κ1) is 28.0. The van der Waals surface area contributed by atoms with Crippen molar-refractivity contribution in [1.82, 2.24) is 0 Å². The first-order valence-electron chi connectivity index (χ1n) is 10.6. The van der Waals surface area contributed by atoms with Gasteiger partial charge in [0.15, 0.2) is 0 Å². The van der Waals surface area contributed by atoms with Crippen LogP contribution in [0.3, 0.4) is 0 Å². The highest BCUT2D eigenvalue weighted by Crippen LogP contribution is 2.39. The van der Waals surface area contributed by atoms with Crippen molar-refractivity contribution in [3.8, 4) is 0 Å². The number of thiol groups is 1. The summed E-state index contributed by atoms with van der Waals surface area (Å²) in [5.74, 6) is 0. The van der Waals surface area contributed by atoms with E-state index in [1.807, 2.05) is 48.6 Å². The standard InChI is InChI=1S/C17H21NO.3C2H6.CH4S/c1-3-14-8-9-17(19-14)15-10-12-6-4-5-7-13(12)11-16(15)18-2;4*1-2/h4-7,10-11,14,17-18H,3,8-9H2,1-2H3;3*1-2H3;2H,1H3/t14-,17-;;;;/m1..../s1. The minimum absolute atomic E-state index is 0.247. The molecule has 0 unspecified atom stereocenters. The molecule has 3 heteroatoms. The maximum absolute atomic E-state index is 6.15. The van der Waals surface area contributed by atoms with Gasteiger partial charge in [-0.2, -0.15) is 12.6 Å². The van der Waals surface area contributed by atoms with E-state index < -0.39 is 0 Å². The summed E-state index contributed by atoms with van der Waals surface area (Å²) in [5, 5.41) is 5.89. The lowest BCUT2D eigenvalue weighted by Crippen LogP contribution is -2.06. The van der Waals surface area contributed by atoms with Crippen molar-refractivity contribution >= 4 is 29.1 Å². The summed E-state index contributed by atoms with van der Waals surface area (Å²) in [7, 11) is 1.99. The van der Waals surface area contributed by atoms with Gasteiger partial charge in [-0.25, -0.2) is 0 Å². The average Bonchev–Trinajstić information content (AvgIpc) is 3.27. The molecule has 1 aliphatic rings. The van der Waals surface area contributed by atoms with Crippen LogP contribution >= 0.6 is 12.6 Å². The van der Waals surface area contributed by atoms with Crippen molar-refractivity contribution in [1.29, 1.82) is 0 Å². The molecular formula is C24H43NOS. The Balaban J connectivity index is 0. The van der Waals surface area contributed by atoms with Gasteiger partial charge in [-0.05, 0) is 48.4 Å². The molecule has 1 fully saturated rings. The molecule has 1 aliphatic heterocycles. The van der Waals surface area contributed by atoms with Crippen LogP contribution in [0.4, 0.5) is 5.69 Å². The summed E-state index contributed by atoms with van der Waals surface area (Å²) >= 11 is 3.53. The summed E-state index contributed by atoms with van der Waals surface area (Å²) in [6.07, 6.45) is 5.79. The van der Waals surface area contributed by atoms with Gasteiger partial charge in [-0.15, -0.1) is 0 Å². The Kier molecular flexibility index (Phi) is 18.9. The van der Waals surface area contributed by atoms with E-state index in [0.717, 1.165) is 12.8 Å². The predicted molar refractivity (Wildman–Crippen MR) is 130 cm³/mol. The molecule has 0 aromatic heterocycles. The number of nitrogens with one attached hydrogen (secondary N) is 1. The molecule has 0 radical (unpaired) electrons. The molecule has 1 heterocycles. The van der Waals surface area contributed by atoms with Gasteiger partial charge in [0.05, 0.1) is 12.2 Å². The molecule has 0 amide bonds. The van der Waals surface area contributed by atoms with E-state index in [-0.39, 0.29) is 6.10 Å². The van der Waals surface area contributed by atoms with Crippen LogP contribution in [0.2, 0.25) is 0 Å². The van der Waals surface area contributed by atoms with Crippen molar-refractivity contribution in [3.05, 3.63) is 42.0 Å². The van der Waals surface area contributed by atoms with Crippen LogP contribution in [0.25, 0.3) is 10.8 Å². The fraction of sp³-hybridized carbons (Fsp3) is 0.583. The molecule has 1 saturated heterocycles. The number of hydrogen-bond donors (Lipinski definition) is 2. The molecule has 156 valence electrons. The third kappa shape index (κ3) is 8.57.